The highest BCUT2D eigenvalue weighted by atomic mass is 32.1. The molecule has 21 heavy (non-hydrogen) atoms. The highest BCUT2D eigenvalue weighted by molar-refractivity contribution is 7.19. The standard InChI is InChI=1S/C17H25N3S/c1-19-8-7-13(10-19)11-20(2)12-15-14-5-3-4-6-16(14)21-17(15)9-18/h3-6,13H,7-12,18H2,1-2H3. The van der Waals surface area contributed by atoms with Crippen LogP contribution in [0, 0.1) is 5.92 Å². The summed E-state index contributed by atoms with van der Waals surface area (Å²) >= 11 is 1.85. The maximum atomic E-state index is 5.96. The van der Waals surface area contributed by atoms with Gasteiger partial charge in [-0.3, -0.25) is 0 Å². The fourth-order valence-electron chi connectivity index (χ4n) is 3.44. The van der Waals surface area contributed by atoms with Crippen LogP contribution in [0.3, 0.4) is 0 Å². The molecule has 0 aliphatic carbocycles. The molecule has 1 aromatic carbocycles. The lowest BCUT2D eigenvalue weighted by Gasteiger charge is -2.21. The molecule has 3 rings (SSSR count). The lowest BCUT2D eigenvalue weighted by atomic mass is 10.1. The number of rotatable bonds is 5. The molecular formula is C17H25N3S. The van der Waals surface area contributed by atoms with Crippen molar-refractivity contribution in [3.63, 3.8) is 0 Å². The number of fused-ring (bicyclic) bond motifs is 1. The predicted molar refractivity (Wildman–Crippen MR) is 91.7 cm³/mol. The van der Waals surface area contributed by atoms with Gasteiger partial charge in [-0.05, 0) is 50.0 Å². The van der Waals surface area contributed by atoms with Gasteiger partial charge in [0, 0.05) is 35.8 Å². The number of hydrogen-bond acceptors (Lipinski definition) is 4. The summed E-state index contributed by atoms with van der Waals surface area (Å²) in [5.41, 5.74) is 7.39. The van der Waals surface area contributed by atoms with Crippen LogP contribution in [0.15, 0.2) is 24.3 Å². The lowest BCUT2D eigenvalue weighted by molar-refractivity contribution is 0.267. The summed E-state index contributed by atoms with van der Waals surface area (Å²) in [5, 5.41) is 1.39. The second-order valence-corrected chi connectivity index (χ2v) is 7.45. The Labute approximate surface area is 131 Å². The van der Waals surface area contributed by atoms with Crippen molar-refractivity contribution in [1.82, 2.24) is 9.80 Å². The van der Waals surface area contributed by atoms with Gasteiger partial charge in [0.25, 0.3) is 0 Å². The number of nitrogens with zero attached hydrogens (tertiary/aromatic N) is 2. The summed E-state index contributed by atoms with van der Waals surface area (Å²) < 4.78 is 1.36. The topological polar surface area (TPSA) is 32.5 Å². The monoisotopic (exact) mass is 303 g/mol. The first kappa shape index (κ1) is 15.0. The smallest absolute Gasteiger partial charge is 0.0349 e. The van der Waals surface area contributed by atoms with Crippen molar-refractivity contribution < 1.29 is 0 Å². The fourth-order valence-corrected chi connectivity index (χ4v) is 4.53. The van der Waals surface area contributed by atoms with Crippen molar-refractivity contribution in [2.24, 2.45) is 11.7 Å². The maximum absolute atomic E-state index is 5.96. The van der Waals surface area contributed by atoms with Gasteiger partial charge in [0.1, 0.15) is 0 Å². The molecule has 1 atom stereocenters. The van der Waals surface area contributed by atoms with E-state index in [1.54, 1.807) is 0 Å². The van der Waals surface area contributed by atoms with Gasteiger partial charge in [0.15, 0.2) is 0 Å². The van der Waals surface area contributed by atoms with Crippen molar-refractivity contribution in [3.8, 4) is 0 Å². The highest BCUT2D eigenvalue weighted by Gasteiger charge is 2.21. The van der Waals surface area contributed by atoms with Crippen LogP contribution in [0.4, 0.5) is 0 Å². The molecule has 1 unspecified atom stereocenters. The van der Waals surface area contributed by atoms with Crippen molar-refractivity contribution in [3.05, 3.63) is 34.7 Å². The molecule has 2 aromatic rings. The van der Waals surface area contributed by atoms with Gasteiger partial charge in [-0.25, -0.2) is 0 Å². The van der Waals surface area contributed by atoms with Crippen LogP contribution in [-0.2, 0) is 13.1 Å². The van der Waals surface area contributed by atoms with Gasteiger partial charge in [0.05, 0.1) is 0 Å². The predicted octanol–water partition coefficient (Wildman–Crippen LogP) is 2.74. The first-order valence-corrected chi connectivity index (χ1v) is 8.55. The van der Waals surface area contributed by atoms with Gasteiger partial charge >= 0.3 is 0 Å². The van der Waals surface area contributed by atoms with Crippen molar-refractivity contribution in [2.45, 2.75) is 19.5 Å². The van der Waals surface area contributed by atoms with Gasteiger partial charge < -0.3 is 15.5 Å². The molecule has 0 bridgehead atoms. The zero-order valence-electron chi connectivity index (χ0n) is 13.0. The molecule has 1 aromatic heterocycles. The van der Waals surface area contributed by atoms with Crippen LogP contribution < -0.4 is 5.73 Å². The van der Waals surface area contributed by atoms with Gasteiger partial charge in [-0.1, -0.05) is 18.2 Å². The fraction of sp³-hybridized carbons (Fsp3) is 0.529. The molecule has 1 saturated heterocycles. The summed E-state index contributed by atoms with van der Waals surface area (Å²) in [6.07, 6.45) is 1.33. The normalized spacial score (nSPS) is 19.9. The average Bonchev–Trinajstić information content (AvgIpc) is 3.03. The lowest BCUT2D eigenvalue weighted by Crippen LogP contribution is -2.27. The number of nitrogens with two attached hydrogens (primary N) is 1. The van der Waals surface area contributed by atoms with Crippen LogP contribution in [0.2, 0.25) is 0 Å². The molecule has 1 aliphatic rings. The first-order chi connectivity index (χ1) is 10.2. The molecule has 1 aliphatic heterocycles. The summed E-state index contributed by atoms with van der Waals surface area (Å²) in [4.78, 5) is 6.24. The SMILES string of the molecule is CN1CCC(CN(C)Cc2c(CN)sc3ccccc23)C1. The third-order valence-corrected chi connectivity index (χ3v) is 5.69. The van der Waals surface area contributed by atoms with E-state index < -0.39 is 0 Å². The minimum absolute atomic E-state index is 0.648. The van der Waals surface area contributed by atoms with E-state index in [1.165, 1.54) is 46.6 Å². The third kappa shape index (κ3) is 3.29. The Hall–Kier alpha value is -0.940. The summed E-state index contributed by atoms with van der Waals surface area (Å²) in [7, 11) is 4.46. The number of thiophene rings is 1. The Kier molecular flexibility index (Phi) is 4.60. The van der Waals surface area contributed by atoms with Crippen molar-refractivity contribution in [1.29, 1.82) is 0 Å². The second-order valence-electron chi connectivity index (χ2n) is 6.32. The van der Waals surface area contributed by atoms with Crippen LogP contribution in [-0.4, -0.2) is 43.5 Å². The molecule has 4 heteroatoms. The molecule has 0 radical (unpaired) electrons. The molecular weight excluding hydrogens is 278 g/mol. The zero-order chi connectivity index (χ0) is 14.8. The summed E-state index contributed by atoms with van der Waals surface area (Å²) in [5.74, 6) is 0.811. The van der Waals surface area contributed by atoms with E-state index in [0.717, 1.165) is 12.5 Å². The first-order valence-electron chi connectivity index (χ1n) is 7.74. The molecule has 114 valence electrons. The number of likely N-dealkylation sites (tertiary alicyclic amines) is 1. The van der Waals surface area contributed by atoms with E-state index in [2.05, 4.69) is 48.2 Å². The Morgan fingerprint density at radius 2 is 2.19 bits per heavy atom. The minimum atomic E-state index is 0.648. The summed E-state index contributed by atoms with van der Waals surface area (Å²) in [6.45, 7) is 5.32. The van der Waals surface area contributed by atoms with E-state index in [4.69, 9.17) is 5.73 Å². The maximum Gasteiger partial charge on any atom is 0.0349 e. The highest BCUT2D eigenvalue weighted by Crippen LogP contribution is 2.32. The molecule has 1 fully saturated rings. The Bertz CT molecular complexity index is 607. The molecule has 0 saturated carbocycles. The number of hydrogen-bond donors (Lipinski definition) is 1. The summed E-state index contributed by atoms with van der Waals surface area (Å²) in [6, 6.07) is 8.68. The van der Waals surface area contributed by atoms with Crippen LogP contribution >= 0.6 is 11.3 Å². The van der Waals surface area contributed by atoms with Crippen LogP contribution in [0.5, 0.6) is 0 Å². The van der Waals surface area contributed by atoms with Crippen LogP contribution in [0.25, 0.3) is 10.1 Å². The molecule has 2 heterocycles. The average molecular weight is 303 g/mol. The zero-order valence-corrected chi connectivity index (χ0v) is 13.8. The van der Waals surface area contributed by atoms with Gasteiger partial charge in [0.2, 0.25) is 0 Å². The van der Waals surface area contributed by atoms with Crippen molar-refractivity contribution in [2.75, 3.05) is 33.7 Å². The van der Waals surface area contributed by atoms with E-state index in [1.807, 2.05) is 11.3 Å². The largest absolute Gasteiger partial charge is 0.326 e. The molecule has 0 spiro atoms. The van der Waals surface area contributed by atoms with Crippen molar-refractivity contribution >= 4 is 21.4 Å². The van der Waals surface area contributed by atoms with E-state index in [9.17, 15) is 0 Å². The molecule has 0 amide bonds. The minimum Gasteiger partial charge on any atom is -0.326 e. The van der Waals surface area contributed by atoms with Crippen LogP contribution in [0.1, 0.15) is 16.9 Å². The van der Waals surface area contributed by atoms with E-state index in [0.29, 0.717) is 6.54 Å². The third-order valence-electron chi connectivity index (χ3n) is 4.45. The molecule has 3 nitrogen and oxygen atoms in total. The Morgan fingerprint density at radius 3 is 2.90 bits per heavy atom. The van der Waals surface area contributed by atoms with Gasteiger partial charge in [-0.2, -0.15) is 0 Å². The molecule has 2 N–H and O–H groups in total. The number of benzene rings is 1. The van der Waals surface area contributed by atoms with E-state index >= 15 is 0 Å². The Balaban J connectivity index is 1.74. The van der Waals surface area contributed by atoms with Gasteiger partial charge in [-0.15, -0.1) is 11.3 Å². The second kappa shape index (κ2) is 6.44. The Morgan fingerprint density at radius 1 is 1.38 bits per heavy atom. The quantitative estimate of drug-likeness (QED) is 0.922. The van der Waals surface area contributed by atoms with E-state index in [-0.39, 0.29) is 0 Å².